The number of aromatic nitrogens is 1. The number of pyridine rings is 1. The standard InChI is InChI=1S/C15H19F3N2O/c1-10(2)7-11(3)9-20(4)14(21)12-8-19-6-5-13(12)15(16,17)18/h5-6,8,10H,3,7,9H2,1-2,4H3. The van der Waals surface area contributed by atoms with Gasteiger partial charge in [-0.3, -0.25) is 9.78 Å². The van der Waals surface area contributed by atoms with Crippen molar-refractivity contribution in [2.45, 2.75) is 26.4 Å². The van der Waals surface area contributed by atoms with Crippen LogP contribution >= 0.6 is 0 Å². The molecular weight excluding hydrogens is 281 g/mol. The van der Waals surface area contributed by atoms with Crippen molar-refractivity contribution < 1.29 is 18.0 Å². The molecule has 0 aromatic carbocycles. The largest absolute Gasteiger partial charge is 0.417 e. The molecule has 0 atom stereocenters. The molecule has 0 unspecified atom stereocenters. The Bertz CT molecular complexity index is 524. The first-order valence-corrected chi connectivity index (χ1v) is 6.56. The molecule has 0 saturated heterocycles. The molecule has 0 fully saturated rings. The monoisotopic (exact) mass is 300 g/mol. The Hall–Kier alpha value is -1.85. The third-order valence-corrected chi connectivity index (χ3v) is 2.86. The van der Waals surface area contributed by atoms with Crippen LogP contribution < -0.4 is 0 Å². The number of carbonyl (C=O) groups is 1. The lowest BCUT2D eigenvalue weighted by Gasteiger charge is -2.21. The second kappa shape index (κ2) is 6.74. The predicted molar refractivity (Wildman–Crippen MR) is 74.8 cm³/mol. The minimum absolute atomic E-state index is 0.225. The summed E-state index contributed by atoms with van der Waals surface area (Å²) in [6, 6.07) is 0.810. The van der Waals surface area contributed by atoms with E-state index in [1.165, 1.54) is 11.9 Å². The summed E-state index contributed by atoms with van der Waals surface area (Å²) in [7, 11) is 1.46. The number of likely N-dealkylation sites (N-methyl/N-ethyl adjacent to an activating group) is 1. The molecule has 0 aliphatic rings. The zero-order chi connectivity index (χ0) is 16.2. The Labute approximate surface area is 122 Å². The molecule has 21 heavy (non-hydrogen) atoms. The zero-order valence-electron chi connectivity index (χ0n) is 12.4. The first-order chi connectivity index (χ1) is 9.62. The Morgan fingerprint density at radius 1 is 1.43 bits per heavy atom. The van der Waals surface area contributed by atoms with Gasteiger partial charge in [-0.05, 0) is 18.4 Å². The predicted octanol–water partition coefficient (Wildman–Crippen LogP) is 3.77. The highest BCUT2D eigenvalue weighted by Crippen LogP contribution is 2.31. The van der Waals surface area contributed by atoms with Gasteiger partial charge in [0.2, 0.25) is 0 Å². The molecule has 3 nitrogen and oxygen atoms in total. The highest BCUT2D eigenvalue weighted by Gasteiger charge is 2.35. The molecule has 6 heteroatoms. The van der Waals surface area contributed by atoms with Gasteiger partial charge in [0.25, 0.3) is 5.91 Å². The maximum Gasteiger partial charge on any atom is 0.417 e. The van der Waals surface area contributed by atoms with Crippen LogP contribution in [0, 0.1) is 5.92 Å². The van der Waals surface area contributed by atoms with E-state index in [0.717, 1.165) is 30.5 Å². The number of amides is 1. The van der Waals surface area contributed by atoms with Crippen LogP contribution in [0.4, 0.5) is 13.2 Å². The molecule has 0 N–H and O–H groups in total. The topological polar surface area (TPSA) is 33.2 Å². The first-order valence-electron chi connectivity index (χ1n) is 6.56. The Balaban J connectivity index is 2.91. The van der Waals surface area contributed by atoms with Crippen LogP contribution in [0.5, 0.6) is 0 Å². The summed E-state index contributed by atoms with van der Waals surface area (Å²) in [5.41, 5.74) is -0.605. The Morgan fingerprint density at radius 2 is 2.05 bits per heavy atom. The van der Waals surface area contributed by atoms with Crippen LogP contribution in [-0.4, -0.2) is 29.4 Å². The molecule has 0 spiro atoms. The van der Waals surface area contributed by atoms with Crippen LogP contribution in [0.3, 0.4) is 0 Å². The van der Waals surface area contributed by atoms with Crippen molar-refractivity contribution in [3.63, 3.8) is 0 Å². The molecule has 0 bridgehead atoms. The Morgan fingerprint density at radius 3 is 2.57 bits per heavy atom. The molecule has 0 radical (unpaired) electrons. The van der Waals surface area contributed by atoms with E-state index in [4.69, 9.17) is 0 Å². The van der Waals surface area contributed by atoms with Crippen LogP contribution in [0.25, 0.3) is 0 Å². The van der Waals surface area contributed by atoms with Crippen molar-refractivity contribution in [3.05, 3.63) is 41.7 Å². The van der Waals surface area contributed by atoms with E-state index in [0.29, 0.717) is 5.92 Å². The average molecular weight is 300 g/mol. The van der Waals surface area contributed by atoms with Gasteiger partial charge in [0.1, 0.15) is 0 Å². The third-order valence-electron chi connectivity index (χ3n) is 2.86. The van der Waals surface area contributed by atoms with Gasteiger partial charge in [-0.25, -0.2) is 0 Å². The van der Waals surface area contributed by atoms with E-state index in [-0.39, 0.29) is 6.54 Å². The zero-order valence-corrected chi connectivity index (χ0v) is 12.4. The maximum absolute atomic E-state index is 12.9. The molecule has 0 saturated carbocycles. The van der Waals surface area contributed by atoms with Crippen molar-refractivity contribution in [1.29, 1.82) is 0 Å². The van der Waals surface area contributed by atoms with Gasteiger partial charge >= 0.3 is 6.18 Å². The van der Waals surface area contributed by atoms with E-state index < -0.39 is 23.2 Å². The summed E-state index contributed by atoms with van der Waals surface area (Å²) in [6.45, 7) is 8.10. The molecule has 1 aromatic rings. The van der Waals surface area contributed by atoms with Gasteiger partial charge in [0, 0.05) is 26.0 Å². The summed E-state index contributed by atoms with van der Waals surface area (Å²) in [5, 5.41) is 0. The summed E-state index contributed by atoms with van der Waals surface area (Å²) in [6.07, 6.45) is -1.88. The number of rotatable bonds is 5. The number of halogens is 3. The lowest BCUT2D eigenvalue weighted by atomic mass is 10.0. The first kappa shape index (κ1) is 17.2. The fraction of sp³-hybridized carbons (Fsp3) is 0.467. The number of carbonyl (C=O) groups excluding carboxylic acids is 1. The van der Waals surface area contributed by atoms with Crippen LogP contribution in [0.2, 0.25) is 0 Å². The lowest BCUT2D eigenvalue weighted by molar-refractivity contribution is -0.138. The van der Waals surface area contributed by atoms with Gasteiger partial charge in [-0.1, -0.05) is 26.0 Å². The molecule has 1 heterocycles. The summed E-state index contributed by atoms with van der Waals surface area (Å²) in [5.74, 6) is -0.328. The van der Waals surface area contributed by atoms with Crippen LogP contribution in [-0.2, 0) is 6.18 Å². The molecule has 116 valence electrons. The SMILES string of the molecule is C=C(CC(C)C)CN(C)C(=O)c1cnccc1C(F)(F)F. The minimum Gasteiger partial charge on any atom is -0.338 e. The van der Waals surface area contributed by atoms with E-state index >= 15 is 0 Å². The van der Waals surface area contributed by atoms with Crippen molar-refractivity contribution in [1.82, 2.24) is 9.88 Å². The molecule has 1 aromatic heterocycles. The van der Waals surface area contributed by atoms with Crippen LogP contribution in [0.15, 0.2) is 30.6 Å². The van der Waals surface area contributed by atoms with Crippen molar-refractivity contribution >= 4 is 5.91 Å². The second-order valence-electron chi connectivity index (χ2n) is 5.43. The Kier molecular flexibility index (Phi) is 5.52. The van der Waals surface area contributed by atoms with Gasteiger partial charge in [-0.15, -0.1) is 0 Å². The average Bonchev–Trinajstić information content (AvgIpc) is 2.35. The van der Waals surface area contributed by atoms with Gasteiger partial charge in [-0.2, -0.15) is 13.2 Å². The number of nitrogens with zero attached hydrogens (tertiary/aromatic N) is 2. The summed E-state index contributed by atoms with van der Waals surface area (Å²) < 4.78 is 38.7. The summed E-state index contributed by atoms with van der Waals surface area (Å²) in [4.78, 5) is 17.0. The quantitative estimate of drug-likeness (QED) is 0.775. The van der Waals surface area contributed by atoms with Crippen molar-refractivity contribution in [2.75, 3.05) is 13.6 Å². The molecule has 0 aliphatic carbocycles. The molecule has 1 rings (SSSR count). The summed E-state index contributed by atoms with van der Waals surface area (Å²) >= 11 is 0. The normalized spacial score (nSPS) is 11.6. The van der Waals surface area contributed by atoms with Gasteiger partial charge < -0.3 is 4.90 Å². The second-order valence-corrected chi connectivity index (χ2v) is 5.43. The number of hydrogen-bond acceptors (Lipinski definition) is 2. The van der Waals surface area contributed by atoms with E-state index in [9.17, 15) is 18.0 Å². The number of hydrogen-bond donors (Lipinski definition) is 0. The smallest absolute Gasteiger partial charge is 0.338 e. The van der Waals surface area contributed by atoms with E-state index in [2.05, 4.69) is 11.6 Å². The van der Waals surface area contributed by atoms with Crippen LogP contribution in [0.1, 0.15) is 36.2 Å². The highest BCUT2D eigenvalue weighted by atomic mass is 19.4. The van der Waals surface area contributed by atoms with Crippen molar-refractivity contribution in [3.8, 4) is 0 Å². The van der Waals surface area contributed by atoms with Gasteiger partial charge in [0.05, 0.1) is 11.1 Å². The fourth-order valence-corrected chi connectivity index (χ4v) is 2.07. The minimum atomic E-state index is -4.58. The van der Waals surface area contributed by atoms with Gasteiger partial charge in [0.15, 0.2) is 0 Å². The molecular formula is C15H19F3N2O. The van der Waals surface area contributed by atoms with E-state index in [1.807, 2.05) is 13.8 Å². The highest BCUT2D eigenvalue weighted by molar-refractivity contribution is 5.95. The lowest BCUT2D eigenvalue weighted by Crippen LogP contribution is -2.30. The maximum atomic E-state index is 12.9. The van der Waals surface area contributed by atoms with Crippen molar-refractivity contribution in [2.24, 2.45) is 5.92 Å². The third kappa shape index (κ3) is 4.88. The van der Waals surface area contributed by atoms with E-state index in [1.54, 1.807) is 0 Å². The fourth-order valence-electron chi connectivity index (χ4n) is 2.07. The number of alkyl halides is 3. The molecule has 1 amide bonds. The molecule has 0 aliphatic heterocycles.